The molecule has 6 heteroatoms. The largest absolute Gasteiger partial charge is 0.384 e. The van der Waals surface area contributed by atoms with Gasteiger partial charge in [0.25, 0.3) is 0 Å². The molecule has 0 fully saturated rings. The van der Waals surface area contributed by atoms with Crippen LogP contribution in [-0.4, -0.2) is 20.6 Å². The van der Waals surface area contributed by atoms with Gasteiger partial charge in [0.2, 0.25) is 0 Å². The first-order valence-corrected chi connectivity index (χ1v) is 5.83. The summed E-state index contributed by atoms with van der Waals surface area (Å²) in [4.78, 5) is 4.24. The fraction of sp³-hybridized carbons (Fsp3) is 0.182. The number of nitrogens with zero attached hydrogens (tertiary/aromatic N) is 3. The molecule has 1 aromatic heterocycles. The van der Waals surface area contributed by atoms with Crippen LogP contribution in [0.15, 0.2) is 22.7 Å². The summed E-state index contributed by atoms with van der Waals surface area (Å²) < 4.78 is 2.57. The quantitative estimate of drug-likeness (QED) is 0.656. The Kier molecular flexibility index (Phi) is 2.97. The van der Waals surface area contributed by atoms with Crippen molar-refractivity contribution in [1.82, 2.24) is 14.8 Å². The minimum absolute atomic E-state index is 0.00820. The number of halogens is 1. The van der Waals surface area contributed by atoms with Crippen molar-refractivity contribution in [2.24, 2.45) is 5.73 Å². The molecule has 5 nitrogen and oxygen atoms in total. The maximum Gasteiger partial charge on any atom is 0.148 e. The van der Waals surface area contributed by atoms with Gasteiger partial charge < -0.3 is 5.73 Å². The van der Waals surface area contributed by atoms with Gasteiger partial charge in [0.05, 0.1) is 5.69 Å². The van der Waals surface area contributed by atoms with E-state index in [0.29, 0.717) is 11.4 Å². The van der Waals surface area contributed by atoms with Crippen molar-refractivity contribution in [2.45, 2.75) is 13.8 Å². The van der Waals surface area contributed by atoms with E-state index in [2.05, 4.69) is 26.0 Å². The molecular formula is C11H12BrN5. The van der Waals surface area contributed by atoms with Gasteiger partial charge in [-0.15, -0.1) is 0 Å². The van der Waals surface area contributed by atoms with Crippen molar-refractivity contribution in [3.05, 3.63) is 39.9 Å². The van der Waals surface area contributed by atoms with Gasteiger partial charge in [0.1, 0.15) is 17.5 Å². The van der Waals surface area contributed by atoms with Gasteiger partial charge in [-0.05, 0) is 32.0 Å². The number of nitrogens with one attached hydrogen (secondary N) is 1. The summed E-state index contributed by atoms with van der Waals surface area (Å²) in [7, 11) is 0. The number of hydrogen-bond acceptors (Lipinski definition) is 3. The maximum atomic E-state index is 7.59. The second kappa shape index (κ2) is 4.29. The van der Waals surface area contributed by atoms with Crippen LogP contribution in [0, 0.1) is 19.3 Å². The van der Waals surface area contributed by atoms with E-state index in [1.54, 1.807) is 10.7 Å². The summed E-state index contributed by atoms with van der Waals surface area (Å²) in [5.41, 5.74) is 6.97. The third-order valence-corrected chi connectivity index (χ3v) is 2.85. The Morgan fingerprint density at radius 3 is 2.65 bits per heavy atom. The van der Waals surface area contributed by atoms with E-state index in [1.165, 1.54) is 0 Å². The normalized spacial score (nSPS) is 10.5. The number of benzene rings is 1. The van der Waals surface area contributed by atoms with Crippen LogP contribution >= 0.6 is 15.9 Å². The van der Waals surface area contributed by atoms with Gasteiger partial charge in [0, 0.05) is 10.0 Å². The molecule has 0 saturated heterocycles. The lowest BCUT2D eigenvalue weighted by molar-refractivity contribution is 0.829. The summed E-state index contributed by atoms with van der Waals surface area (Å²) in [5.74, 6) is 1.47. The number of hydrogen-bond donors (Lipinski definition) is 2. The van der Waals surface area contributed by atoms with Gasteiger partial charge in [-0.25, -0.2) is 9.67 Å². The Labute approximate surface area is 107 Å². The van der Waals surface area contributed by atoms with Crippen molar-refractivity contribution in [3.8, 4) is 5.69 Å². The molecule has 0 unspecified atom stereocenters. The number of nitrogen functional groups attached to an aromatic ring is 1. The Morgan fingerprint density at radius 2 is 2.12 bits per heavy atom. The number of nitrogens with two attached hydrogens (primary N) is 1. The molecule has 0 spiro atoms. The Hall–Kier alpha value is -1.69. The number of aromatic nitrogens is 3. The average Bonchev–Trinajstić information content (AvgIpc) is 2.57. The highest BCUT2D eigenvalue weighted by Gasteiger charge is 2.12. The van der Waals surface area contributed by atoms with E-state index in [-0.39, 0.29) is 5.84 Å². The lowest BCUT2D eigenvalue weighted by atomic mass is 10.1. The highest BCUT2D eigenvalue weighted by Crippen LogP contribution is 2.20. The van der Waals surface area contributed by atoms with Crippen LogP contribution in [-0.2, 0) is 0 Å². The van der Waals surface area contributed by atoms with Crippen LogP contribution in [0.5, 0.6) is 0 Å². The molecule has 88 valence electrons. The molecule has 0 amide bonds. The van der Waals surface area contributed by atoms with E-state index in [4.69, 9.17) is 11.1 Å². The SMILES string of the molecule is Cc1nc(C)n(-c2ccc(Br)cc2C(=N)N)n1. The van der Waals surface area contributed by atoms with Gasteiger partial charge in [-0.2, -0.15) is 5.10 Å². The molecule has 2 rings (SSSR count). The van der Waals surface area contributed by atoms with Gasteiger partial charge in [-0.1, -0.05) is 15.9 Å². The number of amidine groups is 1. The number of rotatable bonds is 2. The van der Waals surface area contributed by atoms with Crippen LogP contribution < -0.4 is 5.73 Å². The molecule has 0 aliphatic rings. The summed E-state index contributed by atoms with van der Waals surface area (Å²) in [6, 6.07) is 5.55. The standard InChI is InChI=1S/C11H12BrN5/c1-6-15-7(2)17(16-6)10-4-3-8(12)5-9(10)11(13)14/h3-5H,1-2H3,(H3,13,14). The molecule has 0 aliphatic heterocycles. The smallest absolute Gasteiger partial charge is 0.148 e. The van der Waals surface area contributed by atoms with Crippen molar-refractivity contribution < 1.29 is 0 Å². The van der Waals surface area contributed by atoms with Gasteiger partial charge in [0.15, 0.2) is 0 Å². The lowest BCUT2D eigenvalue weighted by Crippen LogP contribution is -2.15. The van der Waals surface area contributed by atoms with Crippen LogP contribution in [0.4, 0.5) is 0 Å². The lowest BCUT2D eigenvalue weighted by Gasteiger charge is -2.09. The van der Waals surface area contributed by atoms with E-state index >= 15 is 0 Å². The Balaban J connectivity index is 2.67. The average molecular weight is 294 g/mol. The van der Waals surface area contributed by atoms with Crippen molar-refractivity contribution >= 4 is 21.8 Å². The topological polar surface area (TPSA) is 80.6 Å². The van der Waals surface area contributed by atoms with E-state index < -0.39 is 0 Å². The molecule has 1 aromatic carbocycles. The fourth-order valence-electron chi connectivity index (χ4n) is 1.66. The van der Waals surface area contributed by atoms with E-state index in [1.807, 2.05) is 26.0 Å². The van der Waals surface area contributed by atoms with E-state index in [0.717, 1.165) is 16.0 Å². The Bertz CT molecular complexity index is 588. The predicted molar refractivity (Wildman–Crippen MR) is 69.5 cm³/mol. The molecule has 0 aliphatic carbocycles. The van der Waals surface area contributed by atoms with Gasteiger partial charge in [-0.3, -0.25) is 5.41 Å². The molecule has 2 aromatic rings. The zero-order chi connectivity index (χ0) is 12.6. The molecule has 1 heterocycles. The predicted octanol–water partition coefficient (Wildman–Crippen LogP) is 1.93. The van der Waals surface area contributed by atoms with Crippen LogP contribution in [0.2, 0.25) is 0 Å². The summed E-state index contributed by atoms with van der Waals surface area (Å²) >= 11 is 3.36. The molecule has 0 saturated carbocycles. The fourth-order valence-corrected chi connectivity index (χ4v) is 2.02. The summed E-state index contributed by atoms with van der Waals surface area (Å²) in [6.45, 7) is 3.70. The monoisotopic (exact) mass is 293 g/mol. The minimum atomic E-state index is 0.00820. The van der Waals surface area contributed by atoms with Crippen molar-refractivity contribution in [3.63, 3.8) is 0 Å². The first kappa shape index (κ1) is 11.8. The first-order chi connectivity index (χ1) is 7.99. The summed E-state index contributed by atoms with van der Waals surface area (Å²) in [6.07, 6.45) is 0. The molecule has 0 bridgehead atoms. The highest BCUT2D eigenvalue weighted by atomic mass is 79.9. The maximum absolute atomic E-state index is 7.59. The zero-order valence-electron chi connectivity index (χ0n) is 9.53. The highest BCUT2D eigenvalue weighted by molar-refractivity contribution is 9.10. The number of aryl methyl sites for hydroxylation is 2. The second-order valence-electron chi connectivity index (χ2n) is 3.69. The van der Waals surface area contributed by atoms with Crippen LogP contribution in [0.1, 0.15) is 17.2 Å². The molecular weight excluding hydrogens is 282 g/mol. The molecule has 17 heavy (non-hydrogen) atoms. The Morgan fingerprint density at radius 1 is 1.41 bits per heavy atom. The molecule has 3 N–H and O–H groups in total. The zero-order valence-corrected chi connectivity index (χ0v) is 11.1. The molecule has 0 atom stereocenters. The second-order valence-corrected chi connectivity index (χ2v) is 4.61. The van der Waals surface area contributed by atoms with Crippen LogP contribution in [0.25, 0.3) is 5.69 Å². The first-order valence-electron chi connectivity index (χ1n) is 5.03. The van der Waals surface area contributed by atoms with E-state index in [9.17, 15) is 0 Å². The molecule has 0 radical (unpaired) electrons. The third-order valence-electron chi connectivity index (χ3n) is 2.35. The minimum Gasteiger partial charge on any atom is -0.384 e. The third kappa shape index (κ3) is 2.21. The van der Waals surface area contributed by atoms with Crippen molar-refractivity contribution in [2.75, 3.05) is 0 Å². The van der Waals surface area contributed by atoms with Crippen LogP contribution in [0.3, 0.4) is 0 Å². The van der Waals surface area contributed by atoms with Crippen molar-refractivity contribution in [1.29, 1.82) is 5.41 Å². The van der Waals surface area contributed by atoms with Gasteiger partial charge >= 0.3 is 0 Å². The summed E-state index contributed by atoms with van der Waals surface area (Å²) in [5, 5.41) is 11.9.